The Balaban J connectivity index is 3.65. The molecule has 9 heteroatoms. The Kier molecular flexibility index (Phi) is 3.30. The van der Waals surface area contributed by atoms with Gasteiger partial charge in [-0.15, -0.1) is 3.89 Å². The second-order valence-corrected chi connectivity index (χ2v) is 4.81. The molecule has 0 aliphatic rings. The van der Waals surface area contributed by atoms with Gasteiger partial charge in [-0.2, -0.15) is 21.6 Å². The first-order valence-corrected chi connectivity index (χ1v) is 5.72. The van der Waals surface area contributed by atoms with Gasteiger partial charge in [0.15, 0.2) is 5.82 Å². The van der Waals surface area contributed by atoms with E-state index in [1.54, 1.807) is 0 Å². The van der Waals surface area contributed by atoms with Crippen molar-refractivity contribution in [2.45, 2.75) is 11.1 Å². The van der Waals surface area contributed by atoms with Crippen molar-refractivity contribution >= 4 is 26.2 Å². The van der Waals surface area contributed by atoms with E-state index in [2.05, 4.69) is 15.9 Å². The Morgan fingerprint density at radius 3 is 2.06 bits per heavy atom. The molecular weight excluding hydrogens is 323 g/mol. The molecular formula is C7H2BrF5O2S. The van der Waals surface area contributed by atoms with E-state index in [4.69, 9.17) is 0 Å². The molecule has 16 heavy (non-hydrogen) atoms. The maximum absolute atomic E-state index is 13.2. The van der Waals surface area contributed by atoms with Crippen LogP contribution in [0.2, 0.25) is 0 Å². The minimum Gasteiger partial charge on any atom is -0.205 e. The lowest BCUT2D eigenvalue weighted by atomic mass is 10.2. The molecule has 1 aromatic rings. The molecule has 0 unspecified atom stereocenters. The van der Waals surface area contributed by atoms with E-state index >= 15 is 0 Å². The highest BCUT2D eigenvalue weighted by atomic mass is 79.9. The molecule has 0 heterocycles. The molecule has 0 aromatic heterocycles. The number of alkyl halides is 3. The molecule has 0 saturated carbocycles. The highest BCUT2D eigenvalue weighted by molar-refractivity contribution is 9.10. The maximum Gasteiger partial charge on any atom is 0.419 e. The lowest BCUT2D eigenvalue weighted by Crippen LogP contribution is -2.11. The zero-order chi connectivity index (χ0) is 12.7. The molecule has 1 aromatic carbocycles. The smallest absolute Gasteiger partial charge is 0.205 e. The second-order valence-electron chi connectivity index (χ2n) is 2.67. The molecule has 0 bridgehead atoms. The van der Waals surface area contributed by atoms with Crippen molar-refractivity contribution in [2.24, 2.45) is 0 Å². The predicted octanol–water partition coefficient (Wildman–Crippen LogP) is 3.27. The molecule has 90 valence electrons. The molecule has 0 saturated heterocycles. The van der Waals surface area contributed by atoms with Crippen LogP contribution >= 0.6 is 15.9 Å². The number of halogens is 6. The number of benzene rings is 1. The van der Waals surface area contributed by atoms with Crippen molar-refractivity contribution in [3.8, 4) is 0 Å². The third-order valence-electron chi connectivity index (χ3n) is 1.60. The van der Waals surface area contributed by atoms with E-state index in [0.717, 1.165) is 0 Å². The van der Waals surface area contributed by atoms with Crippen LogP contribution in [0.5, 0.6) is 0 Å². The van der Waals surface area contributed by atoms with Crippen LogP contribution in [-0.2, 0) is 16.4 Å². The van der Waals surface area contributed by atoms with Gasteiger partial charge in [0.05, 0.1) is 5.56 Å². The minimum absolute atomic E-state index is 0.314. The Labute approximate surface area is 95.4 Å². The van der Waals surface area contributed by atoms with E-state index in [-0.39, 0.29) is 0 Å². The topological polar surface area (TPSA) is 34.1 Å². The summed E-state index contributed by atoms with van der Waals surface area (Å²) in [5, 5.41) is 0. The van der Waals surface area contributed by atoms with Crippen molar-refractivity contribution in [1.29, 1.82) is 0 Å². The zero-order valence-corrected chi connectivity index (χ0v) is 9.55. The van der Waals surface area contributed by atoms with Crippen LogP contribution < -0.4 is 0 Å². The highest BCUT2D eigenvalue weighted by Crippen LogP contribution is 2.37. The molecule has 1 rings (SSSR count). The fraction of sp³-hybridized carbons (Fsp3) is 0.143. The van der Waals surface area contributed by atoms with Gasteiger partial charge in [0.25, 0.3) is 0 Å². The summed E-state index contributed by atoms with van der Waals surface area (Å²) in [6.07, 6.45) is -5.09. The summed E-state index contributed by atoms with van der Waals surface area (Å²) < 4.78 is 82.5. The fourth-order valence-electron chi connectivity index (χ4n) is 0.975. The van der Waals surface area contributed by atoms with Gasteiger partial charge in [0, 0.05) is 4.47 Å². The van der Waals surface area contributed by atoms with Gasteiger partial charge in [-0.3, -0.25) is 0 Å². The largest absolute Gasteiger partial charge is 0.419 e. The summed E-state index contributed by atoms with van der Waals surface area (Å²) >= 11 is 2.46. The number of hydrogen-bond donors (Lipinski definition) is 0. The van der Waals surface area contributed by atoms with Gasteiger partial charge < -0.3 is 0 Å². The van der Waals surface area contributed by atoms with E-state index in [1.165, 1.54) is 0 Å². The van der Waals surface area contributed by atoms with E-state index in [9.17, 15) is 29.9 Å². The SMILES string of the molecule is O=S(=O)(F)c1c(Br)ccc(C(F)(F)F)c1F. The minimum atomic E-state index is -5.57. The van der Waals surface area contributed by atoms with E-state index in [1.807, 2.05) is 0 Å². The fourth-order valence-corrected chi connectivity index (χ4v) is 2.49. The molecule has 0 spiro atoms. The van der Waals surface area contributed by atoms with Gasteiger partial charge in [-0.05, 0) is 28.1 Å². The Bertz CT molecular complexity index is 522. The van der Waals surface area contributed by atoms with Gasteiger partial charge >= 0.3 is 16.4 Å². The first-order valence-electron chi connectivity index (χ1n) is 3.55. The molecule has 0 radical (unpaired) electrons. The molecule has 0 atom stereocenters. The first kappa shape index (κ1) is 13.4. The summed E-state index contributed by atoms with van der Waals surface area (Å²) in [6.45, 7) is 0. The summed E-state index contributed by atoms with van der Waals surface area (Å²) in [4.78, 5) is -1.65. The Morgan fingerprint density at radius 1 is 1.19 bits per heavy atom. The van der Waals surface area contributed by atoms with Crippen molar-refractivity contribution in [3.63, 3.8) is 0 Å². The lowest BCUT2D eigenvalue weighted by molar-refractivity contribution is -0.140. The molecule has 2 nitrogen and oxygen atoms in total. The Morgan fingerprint density at radius 2 is 1.69 bits per heavy atom. The van der Waals surface area contributed by atoms with E-state index in [0.29, 0.717) is 12.1 Å². The monoisotopic (exact) mass is 324 g/mol. The lowest BCUT2D eigenvalue weighted by Gasteiger charge is -2.10. The van der Waals surface area contributed by atoms with Crippen molar-refractivity contribution in [2.75, 3.05) is 0 Å². The Hall–Kier alpha value is -0.700. The quantitative estimate of drug-likeness (QED) is 0.587. The normalized spacial score (nSPS) is 12.9. The summed E-state index contributed by atoms with van der Waals surface area (Å²) in [5.74, 6) is -2.16. The number of hydrogen-bond acceptors (Lipinski definition) is 2. The van der Waals surface area contributed by atoms with Crippen molar-refractivity contribution < 1.29 is 29.9 Å². The van der Waals surface area contributed by atoms with Crippen LogP contribution in [0, 0.1) is 5.82 Å². The highest BCUT2D eigenvalue weighted by Gasteiger charge is 2.38. The van der Waals surface area contributed by atoms with Crippen LogP contribution in [0.25, 0.3) is 0 Å². The first-order chi connectivity index (χ1) is 7.05. The molecule has 0 N–H and O–H groups in total. The third kappa shape index (κ3) is 2.51. The summed E-state index contributed by atoms with van der Waals surface area (Å²) in [6, 6.07) is 0.923. The van der Waals surface area contributed by atoms with Crippen LogP contribution in [0.3, 0.4) is 0 Å². The molecule has 0 amide bonds. The van der Waals surface area contributed by atoms with Crippen LogP contribution in [0.4, 0.5) is 21.4 Å². The second kappa shape index (κ2) is 3.95. The molecule has 0 aliphatic heterocycles. The summed E-state index contributed by atoms with van der Waals surface area (Å²) in [5.41, 5.74) is -1.84. The summed E-state index contributed by atoms with van der Waals surface area (Å²) in [7, 11) is -5.57. The van der Waals surface area contributed by atoms with Crippen LogP contribution in [0.1, 0.15) is 5.56 Å². The van der Waals surface area contributed by atoms with Crippen LogP contribution in [0.15, 0.2) is 21.5 Å². The van der Waals surface area contributed by atoms with Crippen LogP contribution in [-0.4, -0.2) is 8.42 Å². The zero-order valence-electron chi connectivity index (χ0n) is 7.15. The third-order valence-corrected chi connectivity index (χ3v) is 3.41. The van der Waals surface area contributed by atoms with Gasteiger partial charge in [0.2, 0.25) is 0 Å². The average molecular weight is 325 g/mol. The van der Waals surface area contributed by atoms with Gasteiger partial charge in [0.1, 0.15) is 4.90 Å². The maximum atomic E-state index is 13.2. The van der Waals surface area contributed by atoms with E-state index < -0.39 is 37.1 Å². The van der Waals surface area contributed by atoms with Gasteiger partial charge in [-0.1, -0.05) is 0 Å². The average Bonchev–Trinajstić information content (AvgIpc) is 1.97. The predicted molar refractivity (Wildman–Crippen MR) is 47.4 cm³/mol. The van der Waals surface area contributed by atoms with Crippen molar-refractivity contribution in [1.82, 2.24) is 0 Å². The standard InChI is InChI=1S/C7H2BrF5O2S/c8-4-2-1-3(7(10,11)12)5(9)6(4)16(13,14)15/h1-2H. The molecule has 0 aliphatic carbocycles. The van der Waals surface area contributed by atoms with Gasteiger partial charge in [-0.25, -0.2) is 4.39 Å². The molecule has 0 fully saturated rings. The number of rotatable bonds is 1. The van der Waals surface area contributed by atoms with Crippen molar-refractivity contribution in [3.05, 3.63) is 28.0 Å².